The Kier molecular flexibility index (Phi) is 4.74. The number of aryl methyl sites for hydroxylation is 2. The van der Waals surface area contributed by atoms with E-state index in [-0.39, 0.29) is 5.91 Å². The molecular formula is C20H23N5O3. The maximum Gasteiger partial charge on any atom is 0.247 e. The lowest BCUT2D eigenvalue weighted by atomic mass is 10.2. The Morgan fingerprint density at radius 3 is 2.61 bits per heavy atom. The first-order chi connectivity index (χ1) is 13.5. The van der Waals surface area contributed by atoms with Crippen molar-refractivity contribution in [3.63, 3.8) is 0 Å². The molecule has 1 saturated heterocycles. The number of aliphatic hydroxyl groups is 1. The Morgan fingerprint density at radius 2 is 1.93 bits per heavy atom. The lowest BCUT2D eigenvalue weighted by molar-refractivity contribution is -0.119. The molecule has 3 heterocycles. The number of hydrogen-bond acceptors (Lipinski definition) is 6. The van der Waals surface area contributed by atoms with E-state index in [1.165, 1.54) is 4.90 Å². The minimum atomic E-state index is -1.04. The highest BCUT2D eigenvalue weighted by molar-refractivity contribution is 5.99. The number of rotatable bonds is 5. The smallest absolute Gasteiger partial charge is 0.247 e. The van der Waals surface area contributed by atoms with Crippen LogP contribution in [0.25, 0.3) is 0 Å². The number of aromatic nitrogens is 3. The molecule has 4 rings (SSSR count). The number of carbonyl (C=O) groups excluding carboxylic acids is 1. The van der Waals surface area contributed by atoms with E-state index in [9.17, 15) is 9.90 Å². The van der Waals surface area contributed by atoms with E-state index < -0.39 is 12.4 Å². The van der Waals surface area contributed by atoms with Crippen LogP contribution >= 0.6 is 0 Å². The van der Waals surface area contributed by atoms with Gasteiger partial charge in [-0.1, -0.05) is 35.5 Å². The fourth-order valence-corrected chi connectivity index (χ4v) is 3.53. The standard InChI is InChI=1S/C20H23N5O3/c1-13-18(15(3)28-22-13)12-23-11-17(9-21-23)25-19(26)14(2)24(20(25)27)10-16-7-5-4-6-8-16/h4-9,11,14,20,27H,10,12H2,1-3H3. The average molecular weight is 381 g/mol. The minimum Gasteiger partial charge on any atom is -0.361 e. The van der Waals surface area contributed by atoms with Gasteiger partial charge in [-0.2, -0.15) is 5.10 Å². The van der Waals surface area contributed by atoms with Crippen LogP contribution in [-0.4, -0.2) is 43.2 Å². The number of benzene rings is 1. The van der Waals surface area contributed by atoms with Crippen molar-refractivity contribution in [1.29, 1.82) is 0 Å². The van der Waals surface area contributed by atoms with Gasteiger partial charge in [0.2, 0.25) is 5.91 Å². The number of hydrogen-bond donors (Lipinski definition) is 1. The minimum absolute atomic E-state index is 0.152. The zero-order valence-electron chi connectivity index (χ0n) is 16.1. The van der Waals surface area contributed by atoms with Gasteiger partial charge in [0.1, 0.15) is 5.76 Å². The molecule has 1 N–H and O–H groups in total. The normalized spacial score (nSPS) is 20.3. The third kappa shape index (κ3) is 3.21. The quantitative estimate of drug-likeness (QED) is 0.728. The first-order valence-electron chi connectivity index (χ1n) is 9.20. The summed E-state index contributed by atoms with van der Waals surface area (Å²) in [6.45, 7) is 6.52. The van der Waals surface area contributed by atoms with Gasteiger partial charge >= 0.3 is 0 Å². The summed E-state index contributed by atoms with van der Waals surface area (Å²) in [5.41, 5.74) is 3.38. The van der Waals surface area contributed by atoms with Crippen LogP contribution in [-0.2, 0) is 17.9 Å². The molecule has 1 aromatic carbocycles. The molecule has 0 spiro atoms. The maximum atomic E-state index is 12.8. The van der Waals surface area contributed by atoms with Crippen molar-refractivity contribution in [2.75, 3.05) is 4.90 Å². The number of anilines is 1. The van der Waals surface area contributed by atoms with Crippen LogP contribution in [0.15, 0.2) is 47.2 Å². The highest BCUT2D eigenvalue weighted by Crippen LogP contribution is 2.28. The summed E-state index contributed by atoms with van der Waals surface area (Å²) in [6.07, 6.45) is 2.31. The van der Waals surface area contributed by atoms with E-state index in [1.54, 1.807) is 22.0 Å². The van der Waals surface area contributed by atoms with Gasteiger partial charge in [0.05, 0.1) is 30.2 Å². The molecule has 28 heavy (non-hydrogen) atoms. The fourth-order valence-electron chi connectivity index (χ4n) is 3.53. The molecule has 0 radical (unpaired) electrons. The topological polar surface area (TPSA) is 87.6 Å². The molecule has 2 unspecified atom stereocenters. The largest absolute Gasteiger partial charge is 0.361 e. The van der Waals surface area contributed by atoms with Gasteiger partial charge in [0.15, 0.2) is 6.35 Å². The molecule has 146 valence electrons. The van der Waals surface area contributed by atoms with Crippen LogP contribution in [0.5, 0.6) is 0 Å². The Hall–Kier alpha value is -2.97. The molecule has 1 aliphatic heterocycles. The van der Waals surface area contributed by atoms with Crippen LogP contribution in [0.2, 0.25) is 0 Å². The number of nitrogens with zero attached hydrogens (tertiary/aromatic N) is 5. The van der Waals surface area contributed by atoms with E-state index in [1.807, 2.05) is 51.1 Å². The van der Waals surface area contributed by atoms with Gasteiger partial charge in [-0.05, 0) is 26.3 Å². The molecule has 8 heteroatoms. The molecule has 8 nitrogen and oxygen atoms in total. The van der Waals surface area contributed by atoms with Crippen molar-refractivity contribution < 1.29 is 14.4 Å². The summed E-state index contributed by atoms with van der Waals surface area (Å²) in [5.74, 6) is 0.592. The van der Waals surface area contributed by atoms with E-state index in [4.69, 9.17) is 4.52 Å². The lowest BCUT2D eigenvalue weighted by Gasteiger charge is -2.25. The van der Waals surface area contributed by atoms with Crippen molar-refractivity contribution in [1.82, 2.24) is 19.8 Å². The Labute approximate surface area is 163 Å². The molecule has 1 amide bonds. The molecule has 3 aromatic rings. The highest BCUT2D eigenvalue weighted by atomic mass is 16.5. The third-order valence-electron chi connectivity index (χ3n) is 5.23. The van der Waals surface area contributed by atoms with Crippen molar-refractivity contribution >= 4 is 11.6 Å². The lowest BCUT2D eigenvalue weighted by Crippen LogP contribution is -2.39. The van der Waals surface area contributed by atoms with Crippen LogP contribution in [0.3, 0.4) is 0 Å². The molecule has 2 atom stereocenters. The van der Waals surface area contributed by atoms with Crippen molar-refractivity contribution in [3.05, 3.63) is 65.3 Å². The first-order valence-corrected chi connectivity index (χ1v) is 9.20. The summed E-state index contributed by atoms with van der Waals surface area (Å²) >= 11 is 0. The Bertz CT molecular complexity index is 961. The van der Waals surface area contributed by atoms with E-state index in [0.717, 1.165) is 22.6 Å². The van der Waals surface area contributed by atoms with E-state index in [0.29, 0.717) is 18.8 Å². The molecule has 0 bridgehead atoms. The second kappa shape index (κ2) is 7.21. The van der Waals surface area contributed by atoms with Gasteiger partial charge in [0, 0.05) is 18.3 Å². The SMILES string of the molecule is Cc1noc(C)c1Cn1cc(N2C(=O)C(C)N(Cc3ccccc3)C2O)cn1. The van der Waals surface area contributed by atoms with Gasteiger partial charge in [-0.15, -0.1) is 0 Å². The van der Waals surface area contributed by atoms with E-state index in [2.05, 4.69) is 10.3 Å². The van der Waals surface area contributed by atoms with Gasteiger partial charge in [-0.3, -0.25) is 14.4 Å². The highest BCUT2D eigenvalue weighted by Gasteiger charge is 2.43. The Balaban J connectivity index is 1.54. The molecular weight excluding hydrogens is 358 g/mol. The summed E-state index contributed by atoms with van der Waals surface area (Å²) in [6, 6.07) is 9.36. The van der Waals surface area contributed by atoms with Crippen molar-refractivity contribution in [2.24, 2.45) is 0 Å². The molecule has 0 aliphatic carbocycles. The molecule has 1 aliphatic rings. The molecule has 0 saturated carbocycles. The van der Waals surface area contributed by atoms with Crippen LogP contribution in [0.1, 0.15) is 29.5 Å². The summed E-state index contributed by atoms with van der Waals surface area (Å²) in [4.78, 5) is 16.0. The molecule has 1 fully saturated rings. The summed E-state index contributed by atoms with van der Waals surface area (Å²) in [7, 11) is 0. The summed E-state index contributed by atoms with van der Waals surface area (Å²) in [5, 5.41) is 19.1. The Morgan fingerprint density at radius 1 is 1.18 bits per heavy atom. The average Bonchev–Trinajstić information content (AvgIpc) is 3.33. The molecule has 2 aromatic heterocycles. The second-order valence-corrected chi connectivity index (χ2v) is 7.09. The van der Waals surface area contributed by atoms with Crippen molar-refractivity contribution in [3.8, 4) is 0 Å². The fraction of sp³-hybridized carbons (Fsp3) is 0.350. The summed E-state index contributed by atoms with van der Waals surface area (Å²) < 4.78 is 6.91. The van der Waals surface area contributed by atoms with Crippen molar-refractivity contribution in [2.45, 2.75) is 46.3 Å². The monoisotopic (exact) mass is 381 g/mol. The first kappa shape index (κ1) is 18.4. The predicted molar refractivity (Wildman–Crippen MR) is 102 cm³/mol. The number of amides is 1. The zero-order chi connectivity index (χ0) is 19.8. The number of carbonyl (C=O) groups is 1. The number of aliphatic hydroxyl groups excluding tert-OH is 1. The van der Waals surface area contributed by atoms with Crippen LogP contribution in [0, 0.1) is 13.8 Å². The second-order valence-electron chi connectivity index (χ2n) is 7.09. The maximum absolute atomic E-state index is 12.8. The zero-order valence-corrected chi connectivity index (χ0v) is 16.1. The van der Waals surface area contributed by atoms with Gasteiger partial charge in [0.25, 0.3) is 0 Å². The van der Waals surface area contributed by atoms with Gasteiger partial charge < -0.3 is 9.63 Å². The van der Waals surface area contributed by atoms with Crippen LogP contribution < -0.4 is 4.90 Å². The predicted octanol–water partition coefficient (Wildman–Crippen LogP) is 2.05. The third-order valence-corrected chi connectivity index (χ3v) is 5.23. The van der Waals surface area contributed by atoms with Gasteiger partial charge in [-0.25, -0.2) is 4.90 Å². The van der Waals surface area contributed by atoms with E-state index >= 15 is 0 Å². The van der Waals surface area contributed by atoms with Crippen LogP contribution in [0.4, 0.5) is 5.69 Å².